The molecule has 0 aromatic heterocycles. The van der Waals surface area contributed by atoms with E-state index >= 15 is 0 Å². The summed E-state index contributed by atoms with van der Waals surface area (Å²) < 4.78 is 31.1. The van der Waals surface area contributed by atoms with Crippen LogP contribution < -0.4 is 16.2 Å². The second-order valence-electron chi connectivity index (χ2n) is 4.04. The van der Waals surface area contributed by atoms with Crippen molar-refractivity contribution in [2.45, 2.75) is 11.8 Å². The first-order valence-electron chi connectivity index (χ1n) is 5.65. The van der Waals surface area contributed by atoms with E-state index in [-0.39, 0.29) is 29.7 Å². The molecule has 1 amide bonds. The molecule has 0 heterocycles. The van der Waals surface area contributed by atoms with E-state index in [1.807, 2.05) is 0 Å². The minimum atomic E-state index is -3.73. The van der Waals surface area contributed by atoms with Crippen molar-refractivity contribution in [3.63, 3.8) is 0 Å². The fourth-order valence-corrected chi connectivity index (χ4v) is 2.70. The van der Waals surface area contributed by atoms with Gasteiger partial charge in [-0.2, -0.15) is 0 Å². The molecule has 9 heteroatoms. The highest BCUT2D eigenvalue weighted by Gasteiger charge is 2.16. The molecule has 0 unspecified atom stereocenters. The Kier molecular flexibility index (Phi) is 5.75. The number of benzene rings is 1. The minimum Gasteiger partial charge on any atom is -0.398 e. The number of nitrogens with one attached hydrogen (secondary N) is 1. The van der Waals surface area contributed by atoms with Gasteiger partial charge in [0.05, 0.1) is 11.5 Å². The third-order valence-corrected chi connectivity index (χ3v) is 4.28. The molecule has 0 atom stereocenters. The van der Waals surface area contributed by atoms with E-state index in [1.54, 1.807) is 6.92 Å². The van der Waals surface area contributed by atoms with Gasteiger partial charge in [0.2, 0.25) is 15.9 Å². The molecule has 0 aliphatic rings. The number of primary amides is 1. The molecule has 1 rings (SSSR count). The number of halogens is 1. The lowest BCUT2D eigenvalue weighted by atomic mass is 10.2. The molecule has 0 aliphatic heterocycles. The van der Waals surface area contributed by atoms with Gasteiger partial charge in [-0.3, -0.25) is 4.79 Å². The Morgan fingerprint density at radius 1 is 1.45 bits per heavy atom. The van der Waals surface area contributed by atoms with Crippen molar-refractivity contribution < 1.29 is 17.9 Å². The highest BCUT2D eigenvalue weighted by Crippen LogP contribution is 2.25. The summed E-state index contributed by atoms with van der Waals surface area (Å²) in [6.45, 7) is 1.46. The molecule has 7 nitrogen and oxygen atoms in total. The molecule has 0 fully saturated rings. The van der Waals surface area contributed by atoms with E-state index in [1.165, 1.54) is 12.1 Å². The fourth-order valence-electron chi connectivity index (χ4n) is 1.33. The zero-order valence-electron chi connectivity index (χ0n) is 10.8. The Balaban J connectivity index is 2.67. The van der Waals surface area contributed by atoms with E-state index in [9.17, 15) is 13.2 Å². The molecular weight excluding hydrogens is 306 g/mol. The lowest BCUT2D eigenvalue weighted by molar-refractivity contribution is -0.122. The van der Waals surface area contributed by atoms with Crippen molar-refractivity contribution in [1.82, 2.24) is 4.72 Å². The Morgan fingerprint density at radius 3 is 2.65 bits per heavy atom. The number of nitrogens with two attached hydrogens (primary N) is 2. The fraction of sp³-hybridized carbons (Fsp3) is 0.364. The summed E-state index contributed by atoms with van der Waals surface area (Å²) in [6, 6.07) is 2.65. The molecule has 0 saturated heterocycles. The number of carbonyl (C=O) groups is 1. The quantitative estimate of drug-likeness (QED) is 0.482. The van der Waals surface area contributed by atoms with Crippen LogP contribution in [0.5, 0.6) is 0 Å². The van der Waals surface area contributed by atoms with Crippen LogP contribution >= 0.6 is 11.6 Å². The lowest BCUT2D eigenvalue weighted by Gasteiger charge is -2.10. The SMILES string of the molecule is Cc1c(N)cc(S(=O)(=O)NCCOCC(N)=O)cc1Cl. The molecule has 1 aromatic carbocycles. The molecule has 0 saturated carbocycles. The summed E-state index contributed by atoms with van der Waals surface area (Å²) in [5.41, 5.74) is 11.5. The zero-order valence-corrected chi connectivity index (χ0v) is 12.4. The predicted molar refractivity (Wildman–Crippen MR) is 75.8 cm³/mol. The average Bonchev–Trinajstić information content (AvgIpc) is 2.34. The lowest BCUT2D eigenvalue weighted by Crippen LogP contribution is -2.29. The largest absolute Gasteiger partial charge is 0.398 e. The molecule has 0 bridgehead atoms. The van der Waals surface area contributed by atoms with E-state index < -0.39 is 15.9 Å². The van der Waals surface area contributed by atoms with Crippen molar-refractivity contribution in [2.24, 2.45) is 5.73 Å². The van der Waals surface area contributed by atoms with Gasteiger partial charge in [0.1, 0.15) is 6.61 Å². The molecule has 0 radical (unpaired) electrons. The molecule has 112 valence electrons. The number of carbonyl (C=O) groups excluding carboxylic acids is 1. The smallest absolute Gasteiger partial charge is 0.243 e. The van der Waals surface area contributed by atoms with Crippen molar-refractivity contribution in [3.8, 4) is 0 Å². The average molecular weight is 322 g/mol. The maximum Gasteiger partial charge on any atom is 0.243 e. The van der Waals surface area contributed by atoms with Gasteiger partial charge in [0.15, 0.2) is 0 Å². The zero-order chi connectivity index (χ0) is 15.3. The summed E-state index contributed by atoms with van der Waals surface area (Å²) in [6.07, 6.45) is 0. The highest BCUT2D eigenvalue weighted by atomic mass is 35.5. The van der Waals surface area contributed by atoms with Gasteiger partial charge in [-0.15, -0.1) is 0 Å². The Morgan fingerprint density at radius 2 is 2.10 bits per heavy atom. The Labute approximate surface area is 122 Å². The number of hydrogen-bond acceptors (Lipinski definition) is 5. The molecule has 20 heavy (non-hydrogen) atoms. The number of rotatable bonds is 7. The molecular formula is C11H16ClN3O4S. The van der Waals surface area contributed by atoms with Gasteiger partial charge in [-0.25, -0.2) is 13.1 Å². The van der Waals surface area contributed by atoms with Crippen LogP contribution in [0.25, 0.3) is 0 Å². The number of hydrogen-bond donors (Lipinski definition) is 3. The van der Waals surface area contributed by atoms with Crippen molar-refractivity contribution >= 4 is 33.2 Å². The first-order valence-corrected chi connectivity index (χ1v) is 7.51. The molecule has 0 spiro atoms. The number of amides is 1. The summed E-state index contributed by atoms with van der Waals surface area (Å²) in [5.74, 6) is -0.619. The van der Waals surface area contributed by atoms with E-state index in [0.29, 0.717) is 11.3 Å². The number of nitrogen functional groups attached to an aromatic ring is 1. The third kappa shape index (κ3) is 4.64. The van der Waals surface area contributed by atoms with Crippen LogP contribution in [0.1, 0.15) is 5.56 Å². The van der Waals surface area contributed by atoms with Crippen LogP contribution in [0.15, 0.2) is 17.0 Å². The molecule has 0 aliphatic carbocycles. The predicted octanol–water partition coefficient (Wildman–Crippen LogP) is 0.0108. The van der Waals surface area contributed by atoms with E-state index in [0.717, 1.165) is 0 Å². The maximum absolute atomic E-state index is 12.0. The third-order valence-electron chi connectivity index (χ3n) is 2.45. The number of anilines is 1. The Bertz CT molecular complexity index is 581. The van der Waals surface area contributed by atoms with Gasteiger partial charge in [0, 0.05) is 17.3 Å². The second-order valence-corrected chi connectivity index (χ2v) is 6.21. The first kappa shape index (κ1) is 16.7. The van der Waals surface area contributed by atoms with Crippen LogP contribution in [0.4, 0.5) is 5.69 Å². The topological polar surface area (TPSA) is 125 Å². The van der Waals surface area contributed by atoms with Crippen LogP contribution in [0.2, 0.25) is 5.02 Å². The highest BCUT2D eigenvalue weighted by molar-refractivity contribution is 7.89. The van der Waals surface area contributed by atoms with Gasteiger partial charge in [-0.05, 0) is 24.6 Å². The molecule has 5 N–H and O–H groups in total. The minimum absolute atomic E-state index is 0.00101. The summed E-state index contributed by atoms with van der Waals surface area (Å²) in [4.78, 5) is 10.4. The monoisotopic (exact) mass is 321 g/mol. The van der Waals surface area contributed by atoms with E-state index in [4.69, 9.17) is 27.8 Å². The van der Waals surface area contributed by atoms with Crippen LogP contribution in [0, 0.1) is 6.92 Å². The summed E-state index contributed by atoms with van der Waals surface area (Å²) in [5, 5.41) is 0.273. The van der Waals surface area contributed by atoms with Crippen LogP contribution in [-0.2, 0) is 19.6 Å². The normalized spacial score (nSPS) is 11.5. The van der Waals surface area contributed by atoms with Gasteiger partial charge < -0.3 is 16.2 Å². The van der Waals surface area contributed by atoms with Crippen molar-refractivity contribution in [2.75, 3.05) is 25.5 Å². The molecule has 1 aromatic rings. The first-order chi connectivity index (χ1) is 9.24. The van der Waals surface area contributed by atoms with E-state index in [2.05, 4.69) is 4.72 Å². The Hall–Kier alpha value is -1.35. The summed E-state index contributed by atoms with van der Waals surface area (Å²) >= 11 is 5.90. The van der Waals surface area contributed by atoms with Gasteiger partial charge in [0.25, 0.3) is 0 Å². The van der Waals surface area contributed by atoms with Gasteiger partial charge in [-0.1, -0.05) is 11.6 Å². The second kappa shape index (κ2) is 6.89. The van der Waals surface area contributed by atoms with Crippen molar-refractivity contribution in [3.05, 3.63) is 22.7 Å². The van der Waals surface area contributed by atoms with Crippen molar-refractivity contribution in [1.29, 1.82) is 0 Å². The van der Waals surface area contributed by atoms with Crippen LogP contribution in [0.3, 0.4) is 0 Å². The summed E-state index contributed by atoms with van der Waals surface area (Å²) in [7, 11) is -3.73. The van der Waals surface area contributed by atoms with Gasteiger partial charge >= 0.3 is 0 Å². The number of ether oxygens (including phenoxy) is 1. The maximum atomic E-state index is 12.0. The van der Waals surface area contributed by atoms with Crippen LogP contribution in [-0.4, -0.2) is 34.1 Å². The standard InChI is InChI=1S/C11H16ClN3O4S/c1-7-9(12)4-8(5-10(7)13)20(17,18)15-2-3-19-6-11(14)16/h4-5,15H,2-3,6,13H2,1H3,(H2,14,16). The number of sulfonamides is 1.